The second-order valence-corrected chi connectivity index (χ2v) is 19.6. The lowest BCUT2D eigenvalue weighted by atomic mass is 9.44. The number of anilines is 4. The van der Waals surface area contributed by atoms with Gasteiger partial charge in [-0.05, 0) is 125 Å². The van der Waals surface area contributed by atoms with Crippen molar-refractivity contribution >= 4 is 102 Å². The summed E-state index contributed by atoms with van der Waals surface area (Å²) in [5.74, 6) is 0. The molecule has 4 aliphatic heterocycles. The number of aromatic nitrogens is 2. The fourth-order valence-electron chi connectivity index (χ4n) is 12.9. The van der Waals surface area contributed by atoms with Crippen LogP contribution in [0.4, 0.5) is 22.7 Å². The van der Waals surface area contributed by atoms with Crippen molar-refractivity contribution in [3.05, 3.63) is 182 Å². The van der Waals surface area contributed by atoms with Crippen molar-refractivity contribution in [2.75, 3.05) is 16.8 Å². The second kappa shape index (κ2) is 12.3. The smallest absolute Gasteiger partial charge is 0.333 e. The van der Waals surface area contributed by atoms with E-state index >= 15 is 0 Å². The van der Waals surface area contributed by atoms with E-state index < -0.39 is 0 Å². The molecule has 2 aromatic heterocycles. The predicted octanol–water partition coefficient (Wildman–Crippen LogP) is 11.8. The molecule has 0 aliphatic carbocycles. The zero-order chi connectivity index (χ0) is 43.0. The number of nitrogens with zero attached hydrogens (tertiary/aromatic N) is 4. The van der Waals surface area contributed by atoms with Gasteiger partial charge in [-0.15, -0.1) is 0 Å². The van der Waals surface area contributed by atoms with Crippen LogP contribution in [0.2, 0.25) is 0 Å². The fourth-order valence-corrected chi connectivity index (χ4v) is 12.9. The van der Waals surface area contributed by atoms with Crippen molar-refractivity contribution in [3.8, 4) is 44.5 Å². The monoisotopic (exact) mass is 828 g/mol. The molecule has 65 heavy (non-hydrogen) atoms. The second-order valence-electron chi connectivity index (χ2n) is 19.6. The van der Waals surface area contributed by atoms with Gasteiger partial charge in [-0.1, -0.05) is 133 Å². The molecule has 0 atom stereocenters. The lowest BCUT2D eigenvalue weighted by Gasteiger charge is -2.46. The van der Waals surface area contributed by atoms with Crippen molar-refractivity contribution in [2.24, 2.45) is 0 Å². The van der Waals surface area contributed by atoms with E-state index in [9.17, 15) is 0 Å². The van der Waals surface area contributed by atoms with E-state index in [0.29, 0.717) is 0 Å². The van der Waals surface area contributed by atoms with E-state index in [0.717, 1.165) is 0 Å². The Kier molecular flexibility index (Phi) is 6.77. The molecule has 0 fully saturated rings. The maximum absolute atomic E-state index is 2.76. The van der Waals surface area contributed by atoms with Crippen LogP contribution in [0.15, 0.2) is 182 Å². The summed E-state index contributed by atoms with van der Waals surface area (Å²) in [6.07, 6.45) is 0. The van der Waals surface area contributed by atoms with E-state index in [1.54, 1.807) is 0 Å². The number of hydrogen-bond acceptors (Lipinski definition) is 2. The topological polar surface area (TPSA) is 16.3 Å². The number of rotatable bonds is 2. The fraction of sp³-hybridized carbons (Fsp3) is 0.0847. The number of benzene rings is 9. The SMILES string of the molecule is CN1c2ccccc2B2c3c(cc(-c4ccccc4)cc31)-c1c3c4ccccc4n4c3c(c3c5ccccc5n2c13)-c1cc(-c2ccccc2)cc2c1B4c1ccccc1N2C(C)(C)C. The lowest BCUT2D eigenvalue weighted by Crippen LogP contribution is -2.60. The summed E-state index contributed by atoms with van der Waals surface area (Å²) in [4.78, 5) is 5.08. The molecule has 0 radical (unpaired) electrons. The third-order valence-corrected chi connectivity index (χ3v) is 15.3. The maximum Gasteiger partial charge on any atom is 0.333 e. The Morgan fingerprint density at radius 2 is 0.831 bits per heavy atom. The van der Waals surface area contributed by atoms with Crippen LogP contribution in [0.25, 0.3) is 88.1 Å². The molecule has 0 bridgehead atoms. The van der Waals surface area contributed by atoms with E-state index in [2.05, 4.69) is 229 Å². The number of hydrogen-bond donors (Lipinski definition) is 0. The van der Waals surface area contributed by atoms with Gasteiger partial charge in [-0.2, -0.15) is 0 Å². The van der Waals surface area contributed by atoms with Gasteiger partial charge in [0.2, 0.25) is 0 Å². The van der Waals surface area contributed by atoms with E-state index in [1.165, 1.54) is 133 Å². The molecule has 304 valence electrons. The molecule has 6 heteroatoms. The van der Waals surface area contributed by atoms with Crippen LogP contribution < -0.4 is 31.7 Å². The minimum atomic E-state index is -0.200. The lowest BCUT2D eigenvalue weighted by molar-refractivity contribution is 0.561. The van der Waals surface area contributed by atoms with E-state index in [-0.39, 0.29) is 19.2 Å². The molecule has 4 nitrogen and oxygen atoms in total. The van der Waals surface area contributed by atoms with Gasteiger partial charge in [0.25, 0.3) is 0 Å². The molecule has 0 N–H and O–H groups in total. The molecule has 0 saturated carbocycles. The normalized spacial score (nSPS) is 14.0. The van der Waals surface area contributed by atoms with Crippen LogP contribution >= 0.6 is 0 Å². The molecule has 0 amide bonds. The van der Waals surface area contributed by atoms with Gasteiger partial charge < -0.3 is 18.8 Å². The zero-order valence-corrected chi connectivity index (χ0v) is 36.8. The third-order valence-electron chi connectivity index (χ3n) is 15.3. The van der Waals surface area contributed by atoms with Crippen LogP contribution in [0, 0.1) is 0 Å². The molecule has 9 aromatic carbocycles. The maximum atomic E-state index is 2.76. The third kappa shape index (κ3) is 4.40. The summed E-state index contributed by atoms with van der Waals surface area (Å²) in [6.45, 7) is 7.04. The van der Waals surface area contributed by atoms with Crippen molar-refractivity contribution in [3.63, 3.8) is 0 Å². The van der Waals surface area contributed by atoms with Gasteiger partial charge in [-0.3, -0.25) is 0 Å². The van der Waals surface area contributed by atoms with Crippen LogP contribution in [0.5, 0.6) is 0 Å². The van der Waals surface area contributed by atoms with Crippen LogP contribution in [0.3, 0.4) is 0 Å². The zero-order valence-electron chi connectivity index (χ0n) is 36.8. The number of para-hydroxylation sites is 4. The van der Waals surface area contributed by atoms with E-state index in [1.807, 2.05) is 0 Å². The Labute approximate surface area is 378 Å². The Balaban J connectivity index is 1.22. The van der Waals surface area contributed by atoms with Gasteiger partial charge in [0, 0.05) is 90.1 Å². The Hall–Kier alpha value is -7.69. The highest BCUT2D eigenvalue weighted by Crippen LogP contribution is 2.56. The molecule has 15 rings (SSSR count). The first kappa shape index (κ1) is 35.7. The van der Waals surface area contributed by atoms with Gasteiger partial charge in [0.15, 0.2) is 0 Å². The van der Waals surface area contributed by atoms with Gasteiger partial charge >= 0.3 is 13.7 Å². The molecule has 0 saturated heterocycles. The Morgan fingerprint density at radius 3 is 1.37 bits per heavy atom. The number of fused-ring (bicyclic) bond motifs is 16. The van der Waals surface area contributed by atoms with Crippen LogP contribution in [0.1, 0.15) is 20.8 Å². The minimum Gasteiger partial charge on any atom is -0.375 e. The quantitative estimate of drug-likeness (QED) is 0.161. The average molecular weight is 829 g/mol. The average Bonchev–Trinajstić information content (AvgIpc) is 3.87. The summed E-state index contributed by atoms with van der Waals surface area (Å²) < 4.78 is 5.51. The van der Waals surface area contributed by atoms with E-state index in [4.69, 9.17) is 0 Å². The largest absolute Gasteiger partial charge is 0.375 e. The molecular formula is C59H42B2N4. The first-order valence-electron chi connectivity index (χ1n) is 23.1. The highest BCUT2D eigenvalue weighted by Gasteiger charge is 2.48. The molecule has 4 aliphatic rings. The summed E-state index contributed by atoms with van der Waals surface area (Å²) in [5.41, 5.74) is 25.8. The predicted molar refractivity (Wildman–Crippen MR) is 278 cm³/mol. The minimum absolute atomic E-state index is 0.0192. The molecule has 11 aromatic rings. The van der Waals surface area contributed by atoms with Crippen LogP contribution in [-0.4, -0.2) is 35.2 Å². The van der Waals surface area contributed by atoms with Gasteiger partial charge in [0.05, 0.1) is 0 Å². The van der Waals surface area contributed by atoms with Gasteiger partial charge in [0.1, 0.15) is 0 Å². The summed E-state index contributed by atoms with van der Waals surface area (Å²) in [5, 5.41) is 5.28. The highest BCUT2D eigenvalue weighted by molar-refractivity contribution is 6.91. The first-order valence-corrected chi connectivity index (χ1v) is 23.1. The van der Waals surface area contributed by atoms with Crippen molar-refractivity contribution < 1.29 is 0 Å². The standard InChI is InChI=1S/C59H42B2N4/c1-59(2,3)63-48-30-18-14-26-44(48)61-56-42(32-38(34-50(56)63)36-21-9-6-10-22-36)54-52-39-23-11-15-27-45(39)64-57(52)53(51-40-24-12-16-28-46(40)65(61)58(51)54)41-31-37(35-19-7-5-8-20-35)33-49-55(41)60(64)43-25-13-17-29-47(43)62(49)4/h5-34H,1-4H3. The molecular weight excluding hydrogens is 786 g/mol. The van der Waals surface area contributed by atoms with Crippen molar-refractivity contribution in [2.45, 2.75) is 26.3 Å². The van der Waals surface area contributed by atoms with Crippen molar-refractivity contribution in [1.82, 2.24) is 8.96 Å². The summed E-state index contributed by atoms with van der Waals surface area (Å²) in [6, 6.07) is 69.0. The highest BCUT2D eigenvalue weighted by atomic mass is 15.2. The first-order chi connectivity index (χ1) is 31.9. The van der Waals surface area contributed by atoms with Crippen molar-refractivity contribution in [1.29, 1.82) is 0 Å². The Morgan fingerprint density at radius 1 is 0.400 bits per heavy atom. The molecule has 0 unspecified atom stereocenters. The summed E-state index contributed by atoms with van der Waals surface area (Å²) >= 11 is 0. The van der Waals surface area contributed by atoms with Gasteiger partial charge in [-0.25, -0.2) is 0 Å². The molecule has 0 spiro atoms. The van der Waals surface area contributed by atoms with Crippen LogP contribution in [-0.2, 0) is 0 Å². The summed E-state index contributed by atoms with van der Waals surface area (Å²) in [7, 11) is 2.27. The Bertz CT molecular complexity index is 3910. The molecule has 6 heterocycles.